The molecule has 0 unspecified atom stereocenters. The first-order chi connectivity index (χ1) is 13.2. The molecule has 1 saturated heterocycles. The Morgan fingerprint density at radius 3 is 2.46 bits per heavy atom. The number of fused-ring (bicyclic) bond motifs is 1. The number of sulfonamides is 1. The molecule has 0 spiro atoms. The molecule has 28 heavy (non-hydrogen) atoms. The molecule has 0 saturated carbocycles. The highest BCUT2D eigenvalue weighted by atomic mass is 32.2. The summed E-state index contributed by atoms with van der Waals surface area (Å²) < 4.78 is 49.0. The number of aromatic nitrogens is 1. The molecule has 0 atom stereocenters. The number of hydrogen-bond donors (Lipinski definition) is 2. The minimum atomic E-state index is -3.34. The predicted molar refractivity (Wildman–Crippen MR) is 113 cm³/mol. The van der Waals surface area contributed by atoms with Gasteiger partial charge >= 0.3 is 0 Å². The molecule has 2 aromatic carbocycles. The summed E-state index contributed by atoms with van der Waals surface area (Å²) in [6, 6.07) is 13.4. The Morgan fingerprint density at radius 2 is 1.75 bits per heavy atom. The average molecular weight is 419 g/mol. The first-order valence-corrected chi connectivity index (χ1v) is 12.8. The second-order valence-corrected chi connectivity index (χ2v) is 11.4. The van der Waals surface area contributed by atoms with Crippen LogP contribution in [0.25, 0.3) is 22.0 Å². The first kappa shape index (κ1) is 19.0. The Morgan fingerprint density at radius 1 is 1.04 bits per heavy atom. The summed E-state index contributed by atoms with van der Waals surface area (Å²) in [6.45, 7) is 0. The lowest BCUT2D eigenvalue weighted by Crippen LogP contribution is -2.21. The Hall–Kier alpha value is -2.32. The molecule has 148 valence electrons. The Labute approximate surface area is 164 Å². The topological polar surface area (TPSA) is 96.1 Å². The van der Waals surface area contributed by atoms with Gasteiger partial charge in [-0.05, 0) is 59.7 Å². The fraction of sp³-hybridized carbons (Fsp3) is 0.300. The third-order valence-corrected chi connectivity index (χ3v) is 7.53. The number of H-pyrrole nitrogens is 1. The molecule has 1 aromatic heterocycles. The van der Waals surface area contributed by atoms with Crippen molar-refractivity contribution in [2.24, 2.45) is 0 Å². The van der Waals surface area contributed by atoms with E-state index in [0.717, 1.165) is 33.8 Å². The summed E-state index contributed by atoms with van der Waals surface area (Å²) in [5.74, 6) is 0.706. The summed E-state index contributed by atoms with van der Waals surface area (Å²) in [5, 5.41) is 1.09. The van der Waals surface area contributed by atoms with Gasteiger partial charge in [-0.1, -0.05) is 18.2 Å². The van der Waals surface area contributed by atoms with E-state index >= 15 is 0 Å². The summed E-state index contributed by atoms with van der Waals surface area (Å²) in [5.41, 5.74) is 4.57. The number of sulfone groups is 1. The molecule has 4 rings (SSSR count). The van der Waals surface area contributed by atoms with Crippen LogP contribution >= 0.6 is 0 Å². The van der Waals surface area contributed by atoms with Gasteiger partial charge in [0.2, 0.25) is 10.0 Å². The van der Waals surface area contributed by atoms with Crippen molar-refractivity contribution in [1.82, 2.24) is 4.98 Å². The Bertz CT molecular complexity index is 1230. The van der Waals surface area contributed by atoms with Gasteiger partial charge in [0.15, 0.2) is 0 Å². The second-order valence-electron chi connectivity index (χ2n) is 7.39. The van der Waals surface area contributed by atoms with Crippen molar-refractivity contribution in [2.75, 3.05) is 22.5 Å². The minimum absolute atomic E-state index is 0.228. The number of hydrogen-bond acceptors (Lipinski definition) is 4. The van der Waals surface area contributed by atoms with E-state index < -0.39 is 19.9 Å². The maximum atomic E-state index is 11.7. The van der Waals surface area contributed by atoms with Crippen LogP contribution in [0.1, 0.15) is 24.3 Å². The molecule has 0 amide bonds. The number of rotatable bonds is 4. The maximum absolute atomic E-state index is 11.7. The molecule has 2 heterocycles. The van der Waals surface area contributed by atoms with Gasteiger partial charge in [0, 0.05) is 22.8 Å². The lowest BCUT2D eigenvalue weighted by Gasteiger charge is -2.21. The highest BCUT2D eigenvalue weighted by molar-refractivity contribution is 7.92. The van der Waals surface area contributed by atoms with Crippen LogP contribution in [0.4, 0.5) is 5.69 Å². The largest absolute Gasteiger partial charge is 0.361 e. The van der Waals surface area contributed by atoms with Gasteiger partial charge in [0.05, 0.1) is 17.8 Å². The zero-order valence-electron chi connectivity index (χ0n) is 15.5. The Kier molecular flexibility index (Phi) is 4.71. The first-order valence-electron chi connectivity index (χ1n) is 9.10. The molecule has 0 aliphatic carbocycles. The van der Waals surface area contributed by atoms with Gasteiger partial charge in [-0.25, -0.2) is 16.8 Å². The van der Waals surface area contributed by atoms with Crippen molar-refractivity contribution in [1.29, 1.82) is 0 Å². The molecule has 0 radical (unpaired) electrons. The molecule has 2 N–H and O–H groups in total. The van der Waals surface area contributed by atoms with Gasteiger partial charge in [0.1, 0.15) is 9.84 Å². The maximum Gasteiger partial charge on any atom is 0.229 e. The second kappa shape index (κ2) is 6.93. The lowest BCUT2D eigenvalue weighted by atomic mass is 9.92. The molecule has 1 aliphatic heterocycles. The fourth-order valence-electron chi connectivity index (χ4n) is 3.84. The van der Waals surface area contributed by atoms with Crippen molar-refractivity contribution in [3.8, 4) is 11.1 Å². The molecule has 1 fully saturated rings. The number of benzene rings is 2. The van der Waals surface area contributed by atoms with Crippen LogP contribution in [0.15, 0.2) is 48.7 Å². The van der Waals surface area contributed by atoms with Gasteiger partial charge in [-0.3, -0.25) is 4.72 Å². The summed E-state index contributed by atoms with van der Waals surface area (Å²) in [7, 11) is -6.23. The van der Waals surface area contributed by atoms with Crippen molar-refractivity contribution in [2.45, 2.75) is 18.8 Å². The van der Waals surface area contributed by atoms with Crippen molar-refractivity contribution in [3.63, 3.8) is 0 Å². The summed E-state index contributed by atoms with van der Waals surface area (Å²) >= 11 is 0. The van der Waals surface area contributed by atoms with Crippen LogP contribution in [0.5, 0.6) is 0 Å². The van der Waals surface area contributed by atoms with Crippen LogP contribution in [-0.2, 0) is 19.9 Å². The van der Waals surface area contributed by atoms with Crippen LogP contribution < -0.4 is 4.72 Å². The number of anilines is 1. The minimum Gasteiger partial charge on any atom is -0.361 e. The van der Waals surface area contributed by atoms with Gasteiger partial charge in [0.25, 0.3) is 0 Å². The molecular formula is C20H22N2O4S2. The Balaban J connectivity index is 1.69. The van der Waals surface area contributed by atoms with E-state index in [4.69, 9.17) is 0 Å². The van der Waals surface area contributed by atoms with Crippen molar-refractivity contribution >= 4 is 36.5 Å². The molecule has 1 aliphatic rings. The lowest BCUT2D eigenvalue weighted by molar-refractivity contribution is 0.551. The SMILES string of the molecule is CS(=O)(=O)Nc1cccc(-c2ccc3[nH]cc(C4CCS(=O)(=O)CC4)c3c2)c1. The smallest absolute Gasteiger partial charge is 0.229 e. The van der Waals surface area contributed by atoms with E-state index in [1.807, 2.05) is 36.5 Å². The van der Waals surface area contributed by atoms with Gasteiger partial charge in [-0.2, -0.15) is 0 Å². The van der Waals surface area contributed by atoms with E-state index in [9.17, 15) is 16.8 Å². The summed E-state index contributed by atoms with van der Waals surface area (Å²) in [4.78, 5) is 3.29. The normalized spacial score (nSPS) is 17.6. The highest BCUT2D eigenvalue weighted by Crippen LogP contribution is 2.36. The van der Waals surface area contributed by atoms with Crippen molar-refractivity contribution < 1.29 is 16.8 Å². The van der Waals surface area contributed by atoms with Crippen LogP contribution in [0.3, 0.4) is 0 Å². The molecule has 8 heteroatoms. The fourth-order valence-corrected chi connectivity index (χ4v) is 5.88. The zero-order valence-corrected chi connectivity index (χ0v) is 17.1. The van der Waals surface area contributed by atoms with E-state index in [2.05, 4.69) is 15.8 Å². The molecule has 6 nitrogen and oxygen atoms in total. The van der Waals surface area contributed by atoms with E-state index in [-0.39, 0.29) is 17.4 Å². The third kappa shape index (κ3) is 4.07. The zero-order chi connectivity index (χ0) is 19.9. The molecular weight excluding hydrogens is 396 g/mol. The van der Waals surface area contributed by atoms with Crippen LogP contribution in [0.2, 0.25) is 0 Å². The van der Waals surface area contributed by atoms with Crippen molar-refractivity contribution in [3.05, 3.63) is 54.2 Å². The van der Waals surface area contributed by atoms with E-state index in [0.29, 0.717) is 18.5 Å². The summed E-state index contributed by atoms with van der Waals surface area (Å²) in [6.07, 6.45) is 4.40. The number of nitrogens with one attached hydrogen (secondary N) is 2. The standard InChI is InChI=1S/C20H22N2O4S2/c1-27(23,24)22-17-4-2-3-15(11-17)16-5-6-20-18(12-16)19(13-21-20)14-7-9-28(25,26)10-8-14/h2-6,11-14,21-22H,7-10H2,1H3. The van der Waals surface area contributed by atoms with Gasteiger partial charge in [-0.15, -0.1) is 0 Å². The quantitative estimate of drug-likeness (QED) is 0.678. The highest BCUT2D eigenvalue weighted by Gasteiger charge is 2.26. The molecule has 3 aromatic rings. The van der Waals surface area contributed by atoms with Crippen LogP contribution in [-0.4, -0.2) is 39.6 Å². The van der Waals surface area contributed by atoms with Gasteiger partial charge < -0.3 is 4.98 Å². The van der Waals surface area contributed by atoms with E-state index in [1.54, 1.807) is 6.07 Å². The predicted octanol–water partition coefficient (Wildman–Crippen LogP) is 3.50. The monoisotopic (exact) mass is 418 g/mol. The average Bonchev–Trinajstić information content (AvgIpc) is 3.04. The number of aromatic amines is 1. The van der Waals surface area contributed by atoms with Crippen LogP contribution in [0, 0.1) is 0 Å². The van der Waals surface area contributed by atoms with E-state index in [1.165, 1.54) is 0 Å². The third-order valence-electron chi connectivity index (χ3n) is 5.21. The molecule has 0 bridgehead atoms.